The molecule has 0 aliphatic rings. The number of nitrogens with one attached hydrogen (secondary N) is 2. The van der Waals surface area contributed by atoms with Crippen LogP contribution in [0.15, 0.2) is 30.9 Å². The van der Waals surface area contributed by atoms with Crippen LogP contribution in [0, 0.1) is 0 Å². The molecular formula is C14H17N7. The summed E-state index contributed by atoms with van der Waals surface area (Å²) < 4.78 is 0. The maximum absolute atomic E-state index is 4.58. The van der Waals surface area contributed by atoms with E-state index in [2.05, 4.69) is 42.1 Å². The van der Waals surface area contributed by atoms with E-state index in [1.165, 1.54) is 5.56 Å². The Morgan fingerprint density at radius 2 is 2.05 bits per heavy atom. The second kappa shape index (κ2) is 5.74. The van der Waals surface area contributed by atoms with Gasteiger partial charge in [-0.05, 0) is 24.6 Å². The summed E-state index contributed by atoms with van der Waals surface area (Å²) in [6.45, 7) is 3.69. The Morgan fingerprint density at radius 1 is 1.24 bits per heavy atom. The van der Waals surface area contributed by atoms with E-state index < -0.39 is 0 Å². The molecule has 0 aromatic carbocycles. The second-order valence-corrected chi connectivity index (χ2v) is 4.59. The molecule has 2 N–H and O–H groups in total. The number of pyridine rings is 1. The van der Waals surface area contributed by atoms with Crippen molar-refractivity contribution in [1.29, 1.82) is 0 Å². The zero-order valence-corrected chi connectivity index (χ0v) is 12.0. The first-order valence-corrected chi connectivity index (χ1v) is 6.84. The lowest BCUT2D eigenvalue weighted by Crippen LogP contribution is -2.24. The predicted octanol–water partition coefficient (Wildman–Crippen LogP) is 1.82. The molecule has 3 aromatic heterocycles. The highest BCUT2D eigenvalue weighted by molar-refractivity contribution is 5.84. The fraction of sp³-hybridized carbons (Fsp3) is 0.286. The third-order valence-corrected chi connectivity index (χ3v) is 3.29. The number of anilines is 2. The Balaban J connectivity index is 2.01. The molecule has 0 saturated heterocycles. The number of imidazole rings is 1. The Kier molecular flexibility index (Phi) is 3.63. The lowest BCUT2D eigenvalue weighted by Gasteiger charge is -2.22. The number of aromatic amines is 1. The van der Waals surface area contributed by atoms with E-state index in [9.17, 15) is 0 Å². The van der Waals surface area contributed by atoms with Crippen molar-refractivity contribution in [3.8, 4) is 0 Å². The van der Waals surface area contributed by atoms with Gasteiger partial charge in [0.05, 0.1) is 6.33 Å². The minimum atomic E-state index is 0.567. The molecule has 0 atom stereocenters. The van der Waals surface area contributed by atoms with Gasteiger partial charge in [-0.3, -0.25) is 4.98 Å². The van der Waals surface area contributed by atoms with Gasteiger partial charge in [0.25, 0.3) is 0 Å². The molecule has 21 heavy (non-hydrogen) atoms. The Labute approximate surface area is 122 Å². The molecule has 0 unspecified atom stereocenters. The van der Waals surface area contributed by atoms with E-state index in [0.717, 1.165) is 24.4 Å². The van der Waals surface area contributed by atoms with Crippen LogP contribution in [0.5, 0.6) is 0 Å². The number of H-pyrrole nitrogens is 1. The maximum Gasteiger partial charge on any atom is 0.226 e. The predicted molar refractivity (Wildman–Crippen MR) is 82.2 cm³/mol. The van der Waals surface area contributed by atoms with Crippen molar-refractivity contribution in [2.75, 3.05) is 23.8 Å². The normalized spacial score (nSPS) is 10.8. The highest BCUT2D eigenvalue weighted by Gasteiger charge is 2.15. The van der Waals surface area contributed by atoms with Crippen molar-refractivity contribution in [2.45, 2.75) is 13.5 Å². The van der Waals surface area contributed by atoms with Crippen LogP contribution in [0.1, 0.15) is 12.5 Å². The number of aromatic nitrogens is 5. The molecule has 0 fully saturated rings. The first-order valence-electron chi connectivity index (χ1n) is 6.84. The van der Waals surface area contributed by atoms with E-state index in [0.29, 0.717) is 11.6 Å². The van der Waals surface area contributed by atoms with Gasteiger partial charge in [-0.15, -0.1) is 0 Å². The molecule has 0 bridgehead atoms. The van der Waals surface area contributed by atoms with Crippen LogP contribution in [0.3, 0.4) is 0 Å². The van der Waals surface area contributed by atoms with E-state index in [4.69, 9.17) is 0 Å². The van der Waals surface area contributed by atoms with Crippen LogP contribution < -0.4 is 10.2 Å². The summed E-state index contributed by atoms with van der Waals surface area (Å²) >= 11 is 0. The summed E-state index contributed by atoms with van der Waals surface area (Å²) in [6, 6.07) is 4.01. The molecule has 3 heterocycles. The average Bonchev–Trinajstić information content (AvgIpc) is 3.01. The average molecular weight is 283 g/mol. The van der Waals surface area contributed by atoms with E-state index >= 15 is 0 Å². The lowest BCUT2D eigenvalue weighted by molar-refractivity contribution is 0.814. The molecule has 0 aliphatic heterocycles. The van der Waals surface area contributed by atoms with Gasteiger partial charge in [0.15, 0.2) is 11.5 Å². The van der Waals surface area contributed by atoms with Crippen molar-refractivity contribution in [3.63, 3.8) is 0 Å². The molecular weight excluding hydrogens is 266 g/mol. The van der Waals surface area contributed by atoms with Crippen LogP contribution in [0.2, 0.25) is 0 Å². The van der Waals surface area contributed by atoms with Gasteiger partial charge >= 0.3 is 0 Å². The number of nitrogens with zero attached hydrogens (tertiary/aromatic N) is 5. The monoisotopic (exact) mass is 283 g/mol. The van der Waals surface area contributed by atoms with E-state index in [1.54, 1.807) is 25.8 Å². The van der Waals surface area contributed by atoms with Crippen molar-refractivity contribution < 1.29 is 0 Å². The minimum Gasteiger partial charge on any atom is -0.357 e. The van der Waals surface area contributed by atoms with Crippen LogP contribution in [0.4, 0.5) is 11.8 Å². The van der Waals surface area contributed by atoms with Gasteiger partial charge < -0.3 is 15.2 Å². The molecule has 3 rings (SSSR count). The van der Waals surface area contributed by atoms with Crippen LogP contribution in [-0.4, -0.2) is 38.5 Å². The fourth-order valence-corrected chi connectivity index (χ4v) is 2.20. The summed E-state index contributed by atoms with van der Waals surface area (Å²) in [7, 11) is 1.80. The summed E-state index contributed by atoms with van der Waals surface area (Å²) in [6.07, 6.45) is 5.24. The summed E-state index contributed by atoms with van der Waals surface area (Å²) in [4.78, 5) is 22.5. The molecule has 7 nitrogen and oxygen atoms in total. The molecule has 0 aliphatic carbocycles. The van der Waals surface area contributed by atoms with Crippen LogP contribution >= 0.6 is 0 Å². The molecule has 0 amide bonds. The summed E-state index contributed by atoms with van der Waals surface area (Å²) in [5.41, 5.74) is 2.70. The molecule has 0 saturated carbocycles. The zero-order chi connectivity index (χ0) is 14.7. The maximum atomic E-state index is 4.58. The smallest absolute Gasteiger partial charge is 0.226 e. The van der Waals surface area contributed by atoms with E-state index in [-0.39, 0.29) is 0 Å². The first-order chi connectivity index (χ1) is 10.3. The van der Waals surface area contributed by atoms with Gasteiger partial charge in [-0.2, -0.15) is 9.97 Å². The van der Waals surface area contributed by atoms with Crippen molar-refractivity contribution in [2.24, 2.45) is 0 Å². The summed E-state index contributed by atoms with van der Waals surface area (Å²) in [5.74, 6) is 1.42. The SMILES string of the molecule is CCN(Cc1ccncc1)c1nc(NC)nc2nc[nH]c12. The Bertz CT molecular complexity index is 723. The van der Waals surface area contributed by atoms with Crippen molar-refractivity contribution in [1.82, 2.24) is 24.9 Å². The fourth-order valence-electron chi connectivity index (χ4n) is 2.20. The van der Waals surface area contributed by atoms with Crippen LogP contribution in [-0.2, 0) is 6.54 Å². The van der Waals surface area contributed by atoms with Gasteiger partial charge in [0.1, 0.15) is 5.52 Å². The van der Waals surface area contributed by atoms with Crippen molar-refractivity contribution >= 4 is 22.9 Å². The minimum absolute atomic E-state index is 0.567. The topological polar surface area (TPSA) is 82.6 Å². The highest BCUT2D eigenvalue weighted by atomic mass is 15.2. The molecule has 108 valence electrons. The highest BCUT2D eigenvalue weighted by Crippen LogP contribution is 2.23. The van der Waals surface area contributed by atoms with Gasteiger partial charge in [0, 0.05) is 32.5 Å². The molecule has 0 spiro atoms. The third-order valence-electron chi connectivity index (χ3n) is 3.29. The quantitative estimate of drug-likeness (QED) is 0.743. The van der Waals surface area contributed by atoms with Gasteiger partial charge in [-0.1, -0.05) is 0 Å². The second-order valence-electron chi connectivity index (χ2n) is 4.59. The number of hydrogen-bond acceptors (Lipinski definition) is 6. The Morgan fingerprint density at radius 3 is 2.76 bits per heavy atom. The van der Waals surface area contributed by atoms with Crippen LogP contribution in [0.25, 0.3) is 11.2 Å². The number of hydrogen-bond donors (Lipinski definition) is 2. The molecule has 7 heteroatoms. The number of fused-ring (bicyclic) bond motifs is 1. The zero-order valence-electron chi connectivity index (χ0n) is 12.0. The summed E-state index contributed by atoms with van der Waals surface area (Å²) in [5, 5.41) is 2.98. The lowest BCUT2D eigenvalue weighted by atomic mass is 10.2. The number of rotatable bonds is 5. The van der Waals surface area contributed by atoms with E-state index in [1.807, 2.05) is 12.1 Å². The Hall–Kier alpha value is -2.70. The molecule has 3 aromatic rings. The molecule has 0 radical (unpaired) electrons. The first kappa shape index (κ1) is 13.3. The van der Waals surface area contributed by atoms with Crippen molar-refractivity contribution in [3.05, 3.63) is 36.4 Å². The van der Waals surface area contributed by atoms with Gasteiger partial charge in [-0.25, -0.2) is 4.98 Å². The van der Waals surface area contributed by atoms with Gasteiger partial charge in [0.2, 0.25) is 5.95 Å². The largest absolute Gasteiger partial charge is 0.357 e. The standard InChI is InChI=1S/C14H17N7/c1-3-21(8-10-4-6-16-7-5-10)13-11-12(18-9-17-11)19-14(15-2)20-13/h4-7,9H,3,8H2,1-2H3,(H2,15,17,18,19,20). The third kappa shape index (κ3) is 2.62.